The maximum atomic E-state index is 6.11. The van der Waals surface area contributed by atoms with Gasteiger partial charge in [0, 0.05) is 35.6 Å². The molecule has 0 bridgehead atoms. The molecule has 1 aliphatic heterocycles. The molecular weight excluding hydrogens is 556 g/mol. The second-order valence-corrected chi connectivity index (χ2v) is 11.4. The average molecular weight is 589 g/mol. The predicted octanol–water partition coefficient (Wildman–Crippen LogP) is 7.45. The molecule has 7 rings (SSSR count). The Kier molecular flexibility index (Phi) is 7.73. The van der Waals surface area contributed by atoms with E-state index in [0.717, 1.165) is 58.5 Å². The van der Waals surface area contributed by atoms with E-state index >= 15 is 0 Å². The van der Waals surface area contributed by atoms with Gasteiger partial charge in [-0.3, -0.25) is 9.30 Å². The van der Waals surface area contributed by atoms with Crippen molar-refractivity contribution in [1.29, 1.82) is 0 Å². The minimum absolute atomic E-state index is 0.458. The van der Waals surface area contributed by atoms with Gasteiger partial charge in [-0.05, 0) is 67.4 Å². The van der Waals surface area contributed by atoms with E-state index in [2.05, 4.69) is 37.8 Å². The van der Waals surface area contributed by atoms with Crippen molar-refractivity contribution in [2.24, 2.45) is 0 Å². The molecule has 0 amide bonds. The maximum Gasteiger partial charge on any atom is 0.227 e. The molecule has 0 aliphatic carbocycles. The fraction of sp³-hybridized carbons (Fsp3) is 0.206. The largest absolute Gasteiger partial charge is 0.493 e. The molecule has 9 heteroatoms. The Balaban J connectivity index is 1.20. The van der Waals surface area contributed by atoms with Crippen LogP contribution in [0, 0.1) is 0 Å². The third-order valence-electron chi connectivity index (χ3n) is 7.69. The summed E-state index contributed by atoms with van der Waals surface area (Å²) in [6.45, 7) is 3.66. The lowest BCUT2D eigenvalue weighted by molar-refractivity contribution is 0.284. The van der Waals surface area contributed by atoms with Crippen LogP contribution in [0.15, 0.2) is 96.6 Å². The number of para-hydroxylation sites is 1. The van der Waals surface area contributed by atoms with Crippen molar-refractivity contribution in [3.63, 3.8) is 0 Å². The third-order valence-corrected chi connectivity index (χ3v) is 8.45. The first-order valence-corrected chi connectivity index (χ1v) is 15.3. The summed E-state index contributed by atoms with van der Waals surface area (Å²) >= 11 is 1.59. The van der Waals surface area contributed by atoms with Gasteiger partial charge in [0.1, 0.15) is 12.3 Å². The number of nitrogens with one attached hydrogen (secondary N) is 1. The summed E-state index contributed by atoms with van der Waals surface area (Å²) in [5.41, 5.74) is 6.77. The second-order valence-electron chi connectivity index (χ2n) is 10.5. The maximum absolute atomic E-state index is 6.11. The molecule has 8 nitrogen and oxygen atoms in total. The van der Waals surface area contributed by atoms with Crippen molar-refractivity contribution >= 4 is 27.9 Å². The molecule has 6 aromatic rings. The summed E-state index contributed by atoms with van der Waals surface area (Å²) < 4.78 is 13.9. The summed E-state index contributed by atoms with van der Waals surface area (Å²) in [7, 11) is 1.66. The van der Waals surface area contributed by atoms with Crippen molar-refractivity contribution < 1.29 is 9.47 Å². The summed E-state index contributed by atoms with van der Waals surface area (Å²) in [6, 6.07) is 26.4. The minimum atomic E-state index is 0.458. The number of imidazole rings is 1. The van der Waals surface area contributed by atoms with Crippen LogP contribution in [0.25, 0.3) is 27.6 Å². The first-order valence-electron chi connectivity index (χ1n) is 14.5. The number of ether oxygens (including phenoxy) is 2. The SMILES string of the molecule is COc1cc(-c2nc3sccn3c2-c2ccnc(Nc3ccccc3CN3CCCC3)n2)ccc1OCc1ccccc1. The highest BCUT2D eigenvalue weighted by atomic mass is 32.1. The first kappa shape index (κ1) is 27.1. The van der Waals surface area contributed by atoms with Gasteiger partial charge in [-0.2, -0.15) is 0 Å². The monoisotopic (exact) mass is 588 g/mol. The fourth-order valence-corrected chi connectivity index (χ4v) is 6.25. The van der Waals surface area contributed by atoms with Crippen LogP contribution in [0.1, 0.15) is 24.0 Å². The quantitative estimate of drug-likeness (QED) is 0.178. The van der Waals surface area contributed by atoms with Crippen LogP contribution >= 0.6 is 11.3 Å². The minimum Gasteiger partial charge on any atom is -0.493 e. The molecule has 3 aromatic carbocycles. The molecule has 216 valence electrons. The van der Waals surface area contributed by atoms with Gasteiger partial charge in [-0.1, -0.05) is 48.5 Å². The van der Waals surface area contributed by atoms with Gasteiger partial charge in [0.05, 0.1) is 18.5 Å². The van der Waals surface area contributed by atoms with Gasteiger partial charge >= 0.3 is 0 Å². The molecule has 0 radical (unpaired) electrons. The van der Waals surface area contributed by atoms with Crippen LogP contribution in [-0.4, -0.2) is 44.5 Å². The number of hydrogen-bond acceptors (Lipinski definition) is 8. The molecule has 0 unspecified atom stereocenters. The standard InChI is InChI=1S/C34H32N6O2S/c1-41-30-21-25(13-14-29(30)42-23-24-9-3-2-4-10-24)31-32(40-19-20-43-34(40)38-31)28-15-16-35-33(37-28)36-27-12-6-5-11-26(27)22-39-17-7-8-18-39/h2-6,9-16,19-21H,7-8,17-18,22-23H2,1H3,(H,35,36,37). The molecule has 3 aromatic heterocycles. The number of hydrogen-bond donors (Lipinski definition) is 1. The Morgan fingerprint density at radius 1 is 0.907 bits per heavy atom. The number of anilines is 2. The summed E-state index contributed by atoms with van der Waals surface area (Å²) in [5, 5.41) is 5.52. The number of aromatic nitrogens is 4. The van der Waals surface area contributed by atoms with Gasteiger partial charge in [-0.15, -0.1) is 11.3 Å². The topological polar surface area (TPSA) is 76.8 Å². The van der Waals surface area contributed by atoms with E-state index in [4.69, 9.17) is 19.4 Å². The zero-order valence-electron chi connectivity index (χ0n) is 23.9. The van der Waals surface area contributed by atoms with E-state index in [-0.39, 0.29) is 0 Å². The highest BCUT2D eigenvalue weighted by Crippen LogP contribution is 2.38. The van der Waals surface area contributed by atoms with Crippen molar-refractivity contribution in [3.05, 3.63) is 108 Å². The number of rotatable bonds is 10. The molecule has 1 aliphatic rings. The second kappa shape index (κ2) is 12.2. The summed E-state index contributed by atoms with van der Waals surface area (Å²) in [4.78, 5) is 17.9. The lowest BCUT2D eigenvalue weighted by Gasteiger charge is -2.18. The number of nitrogens with zero attached hydrogens (tertiary/aromatic N) is 5. The molecule has 0 saturated carbocycles. The zero-order valence-corrected chi connectivity index (χ0v) is 24.8. The van der Waals surface area contributed by atoms with Crippen LogP contribution in [-0.2, 0) is 13.2 Å². The molecule has 1 fully saturated rings. The Morgan fingerprint density at radius 3 is 2.60 bits per heavy atom. The Hall–Kier alpha value is -4.73. The predicted molar refractivity (Wildman–Crippen MR) is 171 cm³/mol. The van der Waals surface area contributed by atoms with E-state index in [0.29, 0.717) is 24.1 Å². The fourth-order valence-electron chi connectivity index (χ4n) is 5.53. The average Bonchev–Trinajstić information content (AvgIpc) is 3.80. The van der Waals surface area contributed by atoms with E-state index in [1.807, 2.05) is 72.2 Å². The van der Waals surface area contributed by atoms with E-state index in [1.54, 1.807) is 24.6 Å². The van der Waals surface area contributed by atoms with Crippen molar-refractivity contribution in [3.8, 4) is 34.1 Å². The van der Waals surface area contributed by atoms with Gasteiger partial charge in [0.25, 0.3) is 0 Å². The van der Waals surface area contributed by atoms with E-state index < -0.39 is 0 Å². The third kappa shape index (κ3) is 5.82. The molecule has 1 saturated heterocycles. The number of methoxy groups -OCH3 is 1. The molecule has 1 N–H and O–H groups in total. The first-order chi connectivity index (χ1) is 21.2. The van der Waals surface area contributed by atoms with E-state index in [9.17, 15) is 0 Å². The van der Waals surface area contributed by atoms with Crippen LogP contribution in [0.2, 0.25) is 0 Å². The van der Waals surface area contributed by atoms with Gasteiger partial charge in [-0.25, -0.2) is 15.0 Å². The smallest absolute Gasteiger partial charge is 0.227 e. The van der Waals surface area contributed by atoms with Gasteiger partial charge in [0.15, 0.2) is 16.5 Å². The summed E-state index contributed by atoms with van der Waals surface area (Å²) in [5.74, 6) is 1.87. The van der Waals surface area contributed by atoms with E-state index in [1.165, 1.54) is 18.4 Å². The molecule has 43 heavy (non-hydrogen) atoms. The van der Waals surface area contributed by atoms with Gasteiger partial charge in [0.2, 0.25) is 5.95 Å². The van der Waals surface area contributed by atoms with Gasteiger partial charge < -0.3 is 14.8 Å². The Morgan fingerprint density at radius 2 is 1.74 bits per heavy atom. The molecule has 0 atom stereocenters. The number of fused-ring (bicyclic) bond motifs is 1. The molecule has 0 spiro atoms. The molecule has 4 heterocycles. The lowest BCUT2D eigenvalue weighted by atomic mass is 10.1. The van der Waals surface area contributed by atoms with Crippen LogP contribution in [0.5, 0.6) is 11.5 Å². The number of thiazole rings is 1. The Labute approximate surface area is 254 Å². The lowest BCUT2D eigenvalue weighted by Crippen LogP contribution is -2.19. The Bertz CT molecular complexity index is 1840. The van der Waals surface area contributed by atoms with Crippen molar-refractivity contribution in [2.75, 3.05) is 25.5 Å². The van der Waals surface area contributed by atoms with Crippen LogP contribution in [0.3, 0.4) is 0 Å². The van der Waals surface area contributed by atoms with Crippen molar-refractivity contribution in [2.45, 2.75) is 26.0 Å². The zero-order chi connectivity index (χ0) is 29.0. The van der Waals surface area contributed by atoms with Crippen LogP contribution < -0.4 is 14.8 Å². The summed E-state index contributed by atoms with van der Waals surface area (Å²) in [6.07, 6.45) is 6.35. The van der Waals surface area contributed by atoms with Crippen LogP contribution in [0.4, 0.5) is 11.6 Å². The normalized spacial score (nSPS) is 13.4. The molecular formula is C34H32N6O2S. The highest BCUT2D eigenvalue weighted by molar-refractivity contribution is 7.15. The number of benzene rings is 3. The highest BCUT2D eigenvalue weighted by Gasteiger charge is 2.21. The number of likely N-dealkylation sites (tertiary alicyclic amines) is 1. The van der Waals surface area contributed by atoms with Crippen molar-refractivity contribution in [1.82, 2.24) is 24.3 Å².